The number of carbonyl (C=O) groups is 1. The van der Waals surface area contributed by atoms with E-state index in [1.54, 1.807) is 12.1 Å². The van der Waals surface area contributed by atoms with E-state index in [9.17, 15) is 4.79 Å². The Bertz CT molecular complexity index is 1080. The third kappa shape index (κ3) is 2.99. The summed E-state index contributed by atoms with van der Waals surface area (Å²) in [5.41, 5.74) is 10.5. The van der Waals surface area contributed by atoms with Crippen molar-refractivity contribution >= 4 is 23.2 Å². The van der Waals surface area contributed by atoms with Gasteiger partial charge in [0.15, 0.2) is 0 Å². The van der Waals surface area contributed by atoms with Crippen LogP contribution in [0.1, 0.15) is 10.4 Å². The average molecular weight is 348 g/mol. The molecule has 25 heavy (non-hydrogen) atoms. The van der Waals surface area contributed by atoms with Crippen molar-refractivity contribution in [2.45, 2.75) is 0 Å². The predicted octanol–water partition coefficient (Wildman–Crippen LogP) is 4.42. The Morgan fingerprint density at radius 3 is 2.44 bits per heavy atom. The van der Waals surface area contributed by atoms with Crippen molar-refractivity contribution in [1.82, 2.24) is 9.38 Å². The molecular formula is C20H14ClN3O. The molecule has 5 heteroatoms. The Kier molecular flexibility index (Phi) is 3.75. The van der Waals surface area contributed by atoms with Gasteiger partial charge < -0.3 is 10.1 Å². The van der Waals surface area contributed by atoms with Crippen LogP contribution in [0, 0.1) is 0 Å². The van der Waals surface area contributed by atoms with Crippen molar-refractivity contribution in [2.24, 2.45) is 5.73 Å². The maximum atomic E-state index is 11.4. The second-order valence-corrected chi connectivity index (χ2v) is 6.20. The topological polar surface area (TPSA) is 60.4 Å². The van der Waals surface area contributed by atoms with Crippen molar-refractivity contribution in [2.75, 3.05) is 0 Å². The van der Waals surface area contributed by atoms with Gasteiger partial charge in [-0.15, -0.1) is 0 Å². The van der Waals surface area contributed by atoms with E-state index in [2.05, 4.69) is 4.98 Å². The molecule has 2 N–H and O–H groups in total. The van der Waals surface area contributed by atoms with E-state index in [1.165, 1.54) is 0 Å². The summed E-state index contributed by atoms with van der Waals surface area (Å²) in [5, 5.41) is 0.698. The molecule has 0 unspecified atom stereocenters. The zero-order valence-corrected chi connectivity index (χ0v) is 13.9. The first kappa shape index (κ1) is 15.4. The smallest absolute Gasteiger partial charge is 0.248 e. The lowest BCUT2D eigenvalue weighted by atomic mass is 10.0. The number of rotatable bonds is 3. The van der Waals surface area contributed by atoms with Gasteiger partial charge in [-0.25, -0.2) is 4.98 Å². The summed E-state index contributed by atoms with van der Waals surface area (Å²) >= 11 is 5.94. The first-order chi connectivity index (χ1) is 12.1. The van der Waals surface area contributed by atoms with Crippen molar-refractivity contribution in [3.8, 4) is 22.4 Å². The number of hydrogen-bond donors (Lipinski definition) is 1. The van der Waals surface area contributed by atoms with Gasteiger partial charge in [-0.3, -0.25) is 4.79 Å². The molecule has 4 rings (SSSR count). The highest BCUT2D eigenvalue weighted by Gasteiger charge is 2.07. The molecule has 0 atom stereocenters. The minimum absolute atomic E-state index is 0.435. The molecular weight excluding hydrogens is 334 g/mol. The summed E-state index contributed by atoms with van der Waals surface area (Å²) in [6.07, 6.45) is 3.96. The number of hydrogen-bond acceptors (Lipinski definition) is 2. The number of nitrogens with two attached hydrogens (primary N) is 1. The van der Waals surface area contributed by atoms with Crippen LogP contribution in [0.25, 0.3) is 28.0 Å². The van der Waals surface area contributed by atoms with Crippen LogP contribution in [-0.4, -0.2) is 15.3 Å². The maximum absolute atomic E-state index is 11.4. The first-order valence-electron chi connectivity index (χ1n) is 7.75. The summed E-state index contributed by atoms with van der Waals surface area (Å²) in [6.45, 7) is 0. The van der Waals surface area contributed by atoms with Gasteiger partial charge in [0, 0.05) is 28.5 Å². The molecule has 0 spiro atoms. The SMILES string of the molecule is NC(=O)c1cccc(-c2ccc3nc(-c4ccc(Cl)cc4)cn3c2)c1. The van der Waals surface area contributed by atoms with E-state index in [1.807, 2.05) is 65.3 Å². The maximum Gasteiger partial charge on any atom is 0.248 e. The molecule has 0 aliphatic rings. The van der Waals surface area contributed by atoms with Gasteiger partial charge in [-0.1, -0.05) is 35.9 Å². The molecule has 0 saturated heterocycles. The van der Waals surface area contributed by atoms with Crippen molar-refractivity contribution in [3.05, 3.63) is 83.6 Å². The molecule has 0 saturated carbocycles. The van der Waals surface area contributed by atoms with E-state index in [0.717, 1.165) is 28.0 Å². The average Bonchev–Trinajstić information content (AvgIpc) is 3.05. The molecule has 0 aliphatic heterocycles. The zero-order chi connectivity index (χ0) is 17.4. The van der Waals surface area contributed by atoms with Crippen LogP contribution in [0.2, 0.25) is 5.02 Å². The molecule has 0 fully saturated rings. The van der Waals surface area contributed by atoms with Crippen molar-refractivity contribution < 1.29 is 4.79 Å². The van der Waals surface area contributed by atoms with Crippen LogP contribution in [0.4, 0.5) is 0 Å². The van der Waals surface area contributed by atoms with Gasteiger partial charge in [0.05, 0.1) is 5.69 Å². The summed E-state index contributed by atoms with van der Waals surface area (Å²) in [7, 11) is 0. The van der Waals surface area contributed by atoms with E-state index in [4.69, 9.17) is 17.3 Å². The van der Waals surface area contributed by atoms with E-state index in [0.29, 0.717) is 10.6 Å². The Balaban J connectivity index is 1.77. The number of primary amides is 1. The second-order valence-electron chi connectivity index (χ2n) is 5.76. The highest BCUT2D eigenvalue weighted by Crippen LogP contribution is 2.25. The zero-order valence-electron chi connectivity index (χ0n) is 13.2. The van der Waals surface area contributed by atoms with Gasteiger partial charge in [0.1, 0.15) is 5.65 Å². The monoisotopic (exact) mass is 347 g/mol. The number of benzene rings is 2. The molecule has 1 amide bonds. The number of carbonyl (C=O) groups excluding carboxylic acids is 1. The summed E-state index contributed by atoms with van der Waals surface area (Å²) in [5.74, 6) is -0.435. The van der Waals surface area contributed by atoms with Gasteiger partial charge in [0.2, 0.25) is 5.91 Å². The third-order valence-electron chi connectivity index (χ3n) is 4.07. The van der Waals surface area contributed by atoms with Crippen molar-refractivity contribution in [1.29, 1.82) is 0 Å². The molecule has 122 valence electrons. The quantitative estimate of drug-likeness (QED) is 0.596. The Hall–Kier alpha value is -3.11. The first-order valence-corrected chi connectivity index (χ1v) is 8.13. The summed E-state index contributed by atoms with van der Waals surface area (Å²) in [4.78, 5) is 16.0. The summed E-state index contributed by atoms with van der Waals surface area (Å²) in [6, 6.07) is 18.8. The number of imidazole rings is 1. The second kappa shape index (κ2) is 6.07. The fourth-order valence-corrected chi connectivity index (χ4v) is 2.90. The summed E-state index contributed by atoms with van der Waals surface area (Å²) < 4.78 is 1.97. The Morgan fingerprint density at radius 2 is 1.68 bits per heavy atom. The standard InChI is InChI=1S/C20H14ClN3O/c21-17-7-4-13(5-8-17)18-12-24-11-16(6-9-19(24)23-18)14-2-1-3-15(10-14)20(22)25/h1-12H,(H2,22,25). The molecule has 2 aromatic carbocycles. The minimum Gasteiger partial charge on any atom is -0.366 e. The molecule has 4 aromatic rings. The lowest BCUT2D eigenvalue weighted by Crippen LogP contribution is -2.10. The minimum atomic E-state index is -0.435. The molecule has 2 aromatic heterocycles. The Morgan fingerprint density at radius 1 is 0.920 bits per heavy atom. The molecule has 0 radical (unpaired) electrons. The highest BCUT2D eigenvalue weighted by molar-refractivity contribution is 6.30. The predicted molar refractivity (Wildman–Crippen MR) is 99.6 cm³/mol. The van der Waals surface area contributed by atoms with Crippen LogP contribution in [0.15, 0.2) is 73.1 Å². The van der Waals surface area contributed by atoms with Crippen LogP contribution in [-0.2, 0) is 0 Å². The van der Waals surface area contributed by atoms with Gasteiger partial charge in [-0.05, 0) is 47.5 Å². The molecule has 4 nitrogen and oxygen atoms in total. The van der Waals surface area contributed by atoms with E-state index < -0.39 is 5.91 Å². The fraction of sp³-hybridized carbons (Fsp3) is 0. The highest BCUT2D eigenvalue weighted by atomic mass is 35.5. The number of halogens is 1. The van der Waals surface area contributed by atoms with Crippen molar-refractivity contribution in [3.63, 3.8) is 0 Å². The van der Waals surface area contributed by atoms with Gasteiger partial charge >= 0.3 is 0 Å². The number of fused-ring (bicyclic) bond motifs is 1. The lowest BCUT2D eigenvalue weighted by molar-refractivity contribution is 0.100. The number of nitrogens with zero attached hydrogens (tertiary/aromatic N) is 2. The van der Waals surface area contributed by atoms with Gasteiger partial charge in [-0.2, -0.15) is 0 Å². The van der Waals surface area contributed by atoms with E-state index >= 15 is 0 Å². The normalized spacial score (nSPS) is 10.9. The largest absolute Gasteiger partial charge is 0.366 e. The molecule has 0 bridgehead atoms. The van der Waals surface area contributed by atoms with E-state index in [-0.39, 0.29) is 0 Å². The molecule has 0 aliphatic carbocycles. The Labute approximate surface area is 149 Å². The molecule has 2 heterocycles. The van der Waals surface area contributed by atoms with Gasteiger partial charge in [0.25, 0.3) is 0 Å². The lowest BCUT2D eigenvalue weighted by Gasteiger charge is -2.04. The van der Waals surface area contributed by atoms with Crippen LogP contribution in [0.3, 0.4) is 0 Å². The fourth-order valence-electron chi connectivity index (χ4n) is 2.77. The van der Waals surface area contributed by atoms with Crippen LogP contribution in [0.5, 0.6) is 0 Å². The number of amides is 1. The third-order valence-corrected chi connectivity index (χ3v) is 4.32. The van der Waals surface area contributed by atoms with Crippen LogP contribution >= 0.6 is 11.6 Å². The number of aromatic nitrogens is 2. The van der Waals surface area contributed by atoms with Crippen LogP contribution < -0.4 is 5.73 Å². The number of pyridine rings is 1.